The van der Waals surface area contributed by atoms with Crippen molar-refractivity contribution in [3.05, 3.63) is 17.8 Å². The van der Waals surface area contributed by atoms with E-state index in [1.165, 1.54) is 0 Å². The number of methoxy groups -OCH3 is 1. The number of amides is 2. The topological polar surface area (TPSA) is 70.6 Å². The normalized spacial score (nSPS) is 27.2. The standard InChI is InChI=1S/C18H29N5O2/c1-14-7-8-16(21-20-14)22-10-4-6-15(12-22)19-17(24)23-11-5-9-18(2,13-23)25-3/h7-8,15H,4-6,9-13H2,1-3H3,(H,19,24)/t15-,18+/m0/s1. The van der Waals surface area contributed by atoms with Crippen LogP contribution < -0.4 is 10.2 Å². The quantitative estimate of drug-likeness (QED) is 0.905. The van der Waals surface area contributed by atoms with Gasteiger partial charge in [-0.25, -0.2) is 4.79 Å². The van der Waals surface area contributed by atoms with E-state index in [-0.39, 0.29) is 17.7 Å². The molecule has 2 saturated heterocycles. The molecule has 0 aliphatic carbocycles. The molecule has 0 aromatic carbocycles. The molecule has 138 valence electrons. The fourth-order valence-electron chi connectivity index (χ4n) is 3.68. The summed E-state index contributed by atoms with van der Waals surface area (Å²) >= 11 is 0. The van der Waals surface area contributed by atoms with Crippen LogP contribution in [0.3, 0.4) is 0 Å². The summed E-state index contributed by atoms with van der Waals surface area (Å²) in [6, 6.07) is 4.13. The van der Waals surface area contributed by atoms with Gasteiger partial charge in [0.2, 0.25) is 0 Å². The van der Waals surface area contributed by atoms with E-state index in [2.05, 4.69) is 27.3 Å². The molecular weight excluding hydrogens is 318 g/mol. The summed E-state index contributed by atoms with van der Waals surface area (Å²) in [6.07, 6.45) is 4.01. The fourth-order valence-corrected chi connectivity index (χ4v) is 3.68. The van der Waals surface area contributed by atoms with Crippen LogP contribution in [0.1, 0.15) is 38.3 Å². The molecule has 2 fully saturated rings. The molecule has 2 amide bonds. The Hall–Kier alpha value is -1.89. The number of urea groups is 1. The predicted molar refractivity (Wildman–Crippen MR) is 96.8 cm³/mol. The number of piperidine rings is 2. The van der Waals surface area contributed by atoms with Gasteiger partial charge >= 0.3 is 6.03 Å². The summed E-state index contributed by atoms with van der Waals surface area (Å²) in [4.78, 5) is 16.8. The lowest BCUT2D eigenvalue weighted by atomic mass is 9.95. The molecule has 1 aromatic heterocycles. The smallest absolute Gasteiger partial charge is 0.317 e. The Morgan fingerprint density at radius 2 is 2.16 bits per heavy atom. The van der Waals surface area contributed by atoms with Crippen molar-refractivity contribution in [3.63, 3.8) is 0 Å². The summed E-state index contributed by atoms with van der Waals surface area (Å²) in [7, 11) is 1.73. The number of carbonyl (C=O) groups is 1. The average Bonchev–Trinajstić information content (AvgIpc) is 2.62. The van der Waals surface area contributed by atoms with E-state index in [0.717, 1.165) is 56.8 Å². The van der Waals surface area contributed by atoms with Crippen molar-refractivity contribution >= 4 is 11.8 Å². The lowest BCUT2D eigenvalue weighted by Crippen LogP contribution is -2.56. The minimum absolute atomic E-state index is 0.0183. The highest BCUT2D eigenvalue weighted by atomic mass is 16.5. The number of carbonyl (C=O) groups excluding carboxylic acids is 1. The van der Waals surface area contributed by atoms with Crippen molar-refractivity contribution in [2.75, 3.05) is 38.2 Å². The van der Waals surface area contributed by atoms with Gasteiger partial charge < -0.3 is 19.9 Å². The van der Waals surface area contributed by atoms with Crippen LogP contribution >= 0.6 is 0 Å². The number of anilines is 1. The van der Waals surface area contributed by atoms with Crippen molar-refractivity contribution in [1.29, 1.82) is 0 Å². The largest absolute Gasteiger partial charge is 0.377 e. The zero-order chi connectivity index (χ0) is 17.9. The van der Waals surface area contributed by atoms with E-state index < -0.39 is 0 Å². The molecule has 2 aliphatic rings. The van der Waals surface area contributed by atoms with Gasteiger partial charge in [-0.05, 0) is 51.7 Å². The minimum atomic E-state index is -0.230. The molecule has 1 N–H and O–H groups in total. The van der Waals surface area contributed by atoms with Crippen LogP contribution in [0.4, 0.5) is 10.6 Å². The molecule has 2 aliphatic heterocycles. The summed E-state index contributed by atoms with van der Waals surface area (Å²) in [5.74, 6) is 0.884. The molecule has 3 rings (SSSR count). The number of hydrogen-bond donors (Lipinski definition) is 1. The molecule has 7 heteroatoms. The molecule has 3 heterocycles. The van der Waals surface area contributed by atoms with Gasteiger partial charge in [-0.15, -0.1) is 5.10 Å². The molecule has 2 atom stereocenters. The molecule has 1 aromatic rings. The van der Waals surface area contributed by atoms with Gasteiger partial charge in [-0.3, -0.25) is 0 Å². The second-order valence-corrected chi connectivity index (χ2v) is 7.45. The van der Waals surface area contributed by atoms with Gasteiger partial charge in [0.15, 0.2) is 5.82 Å². The fraction of sp³-hybridized carbons (Fsp3) is 0.722. The number of rotatable bonds is 3. The maximum absolute atomic E-state index is 12.7. The van der Waals surface area contributed by atoms with Crippen LogP contribution in [0.5, 0.6) is 0 Å². The van der Waals surface area contributed by atoms with Crippen molar-refractivity contribution < 1.29 is 9.53 Å². The second kappa shape index (κ2) is 7.56. The molecule has 0 spiro atoms. The first-order valence-corrected chi connectivity index (χ1v) is 9.15. The molecular formula is C18H29N5O2. The Kier molecular flexibility index (Phi) is 5.42. The average molecular weight is 347 g/mol. The van der Waals surface area contributed by atoms with Crippen LogP contribution in [0.2, 0.25) is 0 Å². The molecule has 0 saturated carbocycles. The Labute approximate surface area is 149 Å². The van der Waals surface area contributed by atoms with Crippen molar-refractivity contribution in [1.82, 2.24) is 20.4 Å². The van der Waals surface area contributed by atoms with Gasteiger partial charge in [0, 0.05) is 32.8 Å². The first-order valence-electron chi connectivity index (χ1n) is 9.15. The number of nitrogens with zero attached hydrogens (tertiary/aromatic N) is 4. The lowest BCUT2D eigenvalue weighted by molar-refractivity contribution is -0.0403. The van der Waals surface area contributed by atoms with E-state index in [1.54, 1.807) is 7.11 Å². The first kappa shape index (κ1) is 17.9. The summed E-state index contributed by atoms with van der Waals surface area (Å²) in [6.45, 7) is 7.18. The minimum Gasteiger partial charge on any atom is -0.377 e. The van der Waals surface area contributed by atoms with Gasteiger partial charge in [0.05, 0.1) is 17.8 Å². The van der Waals surface area contributed by atoms with Crippen LogP contribution in [-0.2, 0) is 4.74 Å². The highest BCUT2D eigenvalue weighted by Gasteiger charge is 2.34. The number of nitrogens with one attached hydrogen (secondary N) is 1. The lowest BCUT2D eigenvalue weighted by Gasteiger charge is -2.40. The highest BCUT2D eigenvalue weighted by molar-refractivity contribution is 5.75. The van der Waals surface area contributed by atoms with E-state index in [4.69, 9.17) is 4.74 Å². The number of hydrogen-bond acceptors (Lipinski definition) is 5. The van der Waals surface area contributed by atoms with E-state index in [9.17, 15) is 4.79 Å². The Morgan fingerprint density at radius 1 is 1.32 bits per heavy atom. The molecule has 0 unspecified atom stereocenters. The van der Waals surface area contributed by atoms with Crippen LogP contribution in [0, 0.1) is 6.92 Å². The predicted octanol–water partition coefficient (Wildman–Crippen LogP) is 1.96. The third-order valence-corrected chi connectivity index (χ3v) is 5.30. The molecule has 7 nitrogen and oxygen atoms in total. The summed E-state index contributed by atoms with van der Waals surface area (Å²) in [5.41, 5.74) is 0.683. The van der Waals surface area contributed by atoms with Gasteiger partial charge in [-0.2, -0.15) is 5.10 Å². The van der Waals surface area contributed by atoms with Crippen molar-refractivity contribution in [2.24, 2.45) is 0 Å². The number of aryl methyl sites for hydroxylation is 1. The third-order valence-electron chi connectivity index (χ3n) is 5.30. The summed E-state index contributed by atoms with van der Waals surface area (Å²) in [5, 5.41) is 11.6. The van der Waals surface area contributed by atoms with Crippen LogP contribution in [0.15, 0.2) is 12.1 Å². The highest BCUT2D eigenvalue weighted by Crippen LogP contribution is 2.24. The first-order chi connectivity index (χ1) is 12.0. The number of likely N-dealkylation sites (tertiary alicyclic amines) is 1. The number of aromatic nitrogens is 2. The van der Waals surface area contributed by atoms with E-state index in [1.807, 2.05) is 24.0 Å². The van der Waals surface area contributed by atoms with Gasteiger partial charge in [0.1, 0.15) is 0 Å². The maximum Gasteiger partial charge on any atom is 0.317 e. The summed E-state index contributed by atoms with van der Waals surface area (Å²) < 4.78 is 5.59. The van der Waals surface area contributed by atoms with E-state index in [0.29, 0.717) is 6.54 Å². The number of ether oxygens (including phenoxy) is 1. The monoisotopic (exact) mass is 347 g/mol. The second-order valence-electron chi connectivity index (χ2n) is 7.45. The van der Waals surface area contributed by atoms with Crippen molar-refractivity contribution in [2.45, 2.75) is 51.2 Å². The van der Waals surface area contributed by atoms with Crippen molar-refractivity contribution in [3.8, 4) is 0 Å². The van der Waals surface area contributed by atoms with Crippen LogP contribution in [0.25, 0.3) is 0 Å². The van der Waals surface area contributed by atoms with E-state index >= 15 is 0 Å². The van der Waals surface area contributed by atoms with Gasteiger partial charge in [0.25, 0.3) is 0 Å². The Morgan fingerprint density at radius 3 is 2.88 bits per heavy atom. The zero-order valence-corrected chi connectivity index (χ0v) is 15.5. The van der Waals surface area contributed by atoms with Crippen LogP contribution in [-0.4, -0.2) is 66.1 Å². The Bertz CT molecular complexity index is 594. The molecule has 25 heavy (non-hydrogen) atoms. The molecule has 0 radical (unpaired) electrons. The van der Waals surface area contributed by atoms with Gasteiger partial charge in [-0.1, -0.05) is 0 Å². The zero-order valence-electron chi connectivity index (χ0n) is 15.5. The molecule has 0 bridgehead atoms. The maximum atomic E-state index is 12.7. The Balaban J connectivity index is 1.57. The third kappa shape index (κ3) is 4.39. The SMILES string of the molecule is CO[C@]1(C)CCCN(C(=O)N[C@H]2CCCN(c3ccc(C)nn3)C2)C1.